The lowest BCUT2D eigenvalue weighted by atomic mass is 10.0. The van der Waals surface area contributed by atoms with E-state index in [-0.39, 0.29) is 5.78 Å². The lowest BCUT2D eigenvalue weighted by molar-refractivity contribution is 0.103. The molecule has 5 nitrogen and oxygen atoms in total. The number of nitrogens with two attached hydrogens (primary N) is 1. The Bertz CT molecular complexity index is 1070. The molecule has 2 heterocycles. The maximum absolute atomic E-state index is 12.5. The van der Waals surface area contributed by atoms with Crippen molar-refractivity contribution in [3.8, 4) is 11.3 Å². The number of pyridine rings is 1. The minimum Gasteiger partial charge on any atom is -0.383 e. The Morgan fingerprint density at radius 2 is 1.67 bits per heavy atom. The number of carbonyl (C=O) groups excluding carboxylic acids is 1. The Labute approximate surface area is 156 Å². The molecule has 0 aliphatic heterocycles. The van der Waals surface area contributed by atoms with Gasteiger partial charge in [-0.2, -0.15) is 0 Å². The van der Waals surface area contributed by atoms with E-state index in [1.807, 2.05) is 66.7 Å². The van der Waals surface area contributed by atoms with Crippen LogP contribution in [-0.4, -0.2) is 15.9 Å². The van der Waals surface area contributed by atoms with Crippen LogP contribution >= 0.6 is 0 Å². The van der Waals surface area contributed by atoms with Crippen molar-refractivity contribution in [3.63, 3.8) is 0 Å². The van der Waals surface area contributed by atoms with Gasteiger partial charge in [-0.1, -0.05) is 59.8 Å². The van der Waals surface area contributed by atoms with E-state index in [1.165, 1.54) is 0 Å². The number of benzene rings is 2. The van der Waals surface area contributed by atoms with E-state index >= 15 is 0 Å². The zero-order valence-corrected chi connectivity index (χ0v) is 14.5. The standard InChI is InChI=1S/C22H17N3O2/c23-22-19(7-4-12-24-22)20-14-18(25-27-20)13-15-8-10-17(11-9-15)21(26)16-5-2-1-3-6-16/h1-12,14H,13H2,(H2,23,24). The first-order valence-corrected chi connectivity index (χ1v) is 8.56. The quantitative estimate of drug-likeness (QED) is 0.544. The maximum atomic E-state index is 12.5. The zero-order valence-electron chi connectivity index (χ0n) is 14.5. The first-order valence-electron chi connectivity index (χ1n) is 8.56. The minimum atomic E-state index is 0.0120. The van der Waals surface area contributed by atoms with Gasteiger partial charge in [-0.25, -0.2) is 4.98 Å². The van der Waals surface area contributed by atoms with Crippen LogP contribution in [0.25, 0.3) is 11.3 Å². The second kappa shape index (κ2) is 7.25. The normalized spacial score (nSPS) is 10.7. The lowest BCUT2D eigenvalue weighted by Gasteiger charge is -2.03. The molecule has 4 rings (SSSR count). The third kappa shape index (κ3) is 3.62. The number of anilines is 1. The van der Waals surface area contributed by atoms with E-state index in [2.05, 4.69) is 10.1 Å². The zero-order chi connectivity index (χ0) is 18.6. The molecule has 2 aromatic carbocycles. The smallest absolute Gasteiger partial charge is 0.193 e. The number of nitrogens with zero attached hydrogens (tertiary/aromatic N) is 2. The van der Waals surface area contributed by atoms with Gasteiger partial charge in [0.15, 0.2) is 11.5 Å². The molecule has 0 atom stereocenters. The summed E-state index contributed by atoms with van der Waals surface area (Å²) in [6, 6.07) is 22.3. The van der Waals surface area contributed by atoms with E-state index in [4.69, 9.17) is 10.3 Å². The van der Waals surface area contributed by atoms with Crippen LogP contribution in [0, 0.1) is 0 Å². The van der Waals surface area contributed by atoms with E-state index in [0.717, 1.165) is 16.8 Å². The average Bonchev–Trinajstić information content (AvgIpc) is 3.17. The molecule has 2 N–H and O–H groups in total. The third-order valence-corrected chi connectivity index (χ3v) is 4.30. The van der Waals surface area contributed by atoms with E-state index in [0.29, 0.717) is 29.1 Å². The molecule has 0 aliphatic carbocycles. The highest BCUT2D eigenvalue weighted by Gasteiger charge is 2.12. The molecule has 0 saturated heterocycles. The summed E-state index contributed by atoms with van der Waals surface area (Å²) in [5, 5.41) is 4.11. The SMILES string of the molecule is Nc1ncccc1-c1cc(Cc2ccc(C(=O)c3ccccc3)cc2)no1. The van der Waals surface area contributed by atoms with Crippen LogP contribution in [0.1, 0.15) is 27.2 Å². The molecule has 27 heavy (non-hydrogen) atoms. The van der Waals surface area contributed by atoms with Crippen LogP contribution in [-0.2, 0) is 6.42 Å². The number of hydrogen-bond donors (Lipinski definition) is 1. The number of aromatic nitrogens is 2. The summed E-state index contributed by atoms with van der Waals surface area (Å²) in [6.07, 6.45) is 2.23. The number of carbonyl (C=O) groups is 1. The first kappa shape index (κ1) is 16.7. The lowest BCUT2D eigenvalue weighted by Crippen LogP contribution is -2.01. The summed E-state index contributed by atoms with van der Waals surface area (Å²) in [5.41, 5.74) is 9.77. The van der Waals surface area contributed by atoms with Crippen molar-refractivity contribution in [3.05, 3.63) is 101 Å². The predicted octanol–water partition coefficient (Wildman–Crippen LogP) is 4.14. The molecule has 2 aromatic heterocycles. The van der Waals surface area contributed by atoms with Crippen molar-refractivity contribution < 1.29 is 9.32 Å². The highest BCUT2D eigenvalue weighted by molar-refractivity contribution is 6.08. The van der Waals surface area contributed by atoms with Crippen molar-refractivity contribution in [2.75, 3.05) is 5.73 Å². The molecule has 4 aromatic rings. The average molecular weight is 355 g/mol. The van der Waals surface area contributed by atoms with Gasteiger partial charge in [-0.15, -0.1) is 0 Å². The minimum absolute atomic E-state index is 0.0120. The Morgan fingerprint density at radius 1 is 0.926 bits per heavy atom. The Balaban J connectivity index is 1.50. The maximum Gasteiger partial charge on any atom is 0.193 e. The summed E-state index contributed by atoms with van der Waals surface area (Å²) in [6.45, 7) is 0. The molecule has 5 heteroatoms. The number of rotatable bonds is 5. The fourth-order valence-electron chi connectivity index (χ4n) is 2.89. The van der Waals surface area contributed by atoms with Crippen LogP contribution in [0.5, 0.6) is 0 Å². The highest BCUT2D eigenvalue weighted by atomic mass is 16.5. The van der Waals surface area contributed by atoms with E-state index in [9.17, 15) is 4.79 Å². The van der Waals surface area contributed by atoms with Gasteiger partial charge in [0.05, 0.1) is 11.3 Å². The molecule has 0 saturated carbocycles. The molecule has 0 amide bonds. The van der Waals surface area contributed by atoms with Crippen LogP contribution in [0.2, 0.25) is 0 Å². The fourth-order valence-corrected chi connectivity index (χ4v) is 2.89. The van der Waals surface area contributed by atoms with Crippen LogP contribution in [0.3, 0.4) is 0 Å². The second-order valence-corrected chi connectivity index (χ2v) is 6.19. The van der Waals surface area contributed by atoms with Crippen molar-refractivity contribution in [2.24, 2.45) is 0 Å². The molecule has 132 valence electrons. The van der Waals surface area contributed by atoms with Crippen molar-refractivity contribution in [1.29, 1.82) is 0 Å². The van der Waals surface area contributed by atoms with Gasteiger partial charge in [-0.05, 0) is 17.7 Å². The highest BCUT2D eigenvalue weighted by Crippen LogP contribution is 2.25. The summed E-state index contributed by atoms with van der Waals surface area (Å²) in [4.78, 5) is 16.5. The second-order valence-electron chi connectivity index (χ2n) is 6.19. The molecule has 0 bridgehead atoms. The van der Waals surface area contributed by atoms with Crippen LogP contribution in [0.4, 0.5) is 5.82 Å². The van der Waals surface area contributed by atoms with Gasteiger partial charge < -0.3 is 10.3 Å². The van der Waals surface area contributed by atoms with Gasteiger partial charge in [0.1, 0.15) is 5.82 Å². The van der Waals surface area contributed by atoms with Gasteiger partial charge in [0, 0.05) is 29.8 Å². The molecular formula is C22H17N3O2. The summed E-state index contributed by atoms with van der Waals surface area (Å²) in [5.74, 6) is 1.01. The Kier molecular flexibility index (Phi) is 4.49. The number of hydrogen-bond acceptors (Lipinski definition) is 5. The fraction of sp³-hybridized carbons (Fsp3) is 0.0455. The van der Waals surface area contributed by atoms with Gasteiger partial charge in [0.25, 0.3) is 0 Å². The van der Waals surface area contributed by atoms with Crippen LogP contribution in [0.15, 0.2) is 83.5 Å². The Hall–Kier alpha value is -3.73. The van der Waals surface area contributed by atoms with Gasteiger partial charge in [-0.3, -0.25) is 4.79 Å². The van der Waals surface area contributed by atoms with Crippen molar-refractivity contribution in [2.45, 2.75) is 6.42 Å². The van der Waals surface area contributed by atoms with E-state index in [1.54, 1.807) is 12.3 Å². The molecule has 0 radical (unpaired) electrons. The molecular weight excluding hydrogens is 338 g/mol. The van der Waals surface area contributed by atoms with Gasteiger partial charge >= 0.3 is 0 Å². The summed E-state index contributed by atoms with van der Waals surface area (Å²) >= 11 is 0. The Morgan fingerprint density at radius 3 is 2.41 bits per heavy atom. The first-order chi connectivity index (χ1) is 13.2. The largest absolute Gasteiger partial charge is 0.383 e. The predicted molar refractivity (Wildman–Crippen MR) is 103 cm³/mol. The molecule has 0 spiro atoms. The van der Waals surface area contributed by atoms with Crippen LogP contribution < -0.4 is 5.73 Å². The molecule has 0 fully saturated rings. The molecule has 0 unspecified atom stereocenters. The third-order valence-electron chi connectivity index (χ3n) is 4.30. The molecule has 0 aliphatic rings. The van der Waals surface area contributed by atoms with Crippen molar-refractivity contribution in [1.82, 2.24) is 10.1 Å². The van der Waals surface area contributed by atoms with E-state index < -0.39 is 0 Å². The summed E-state index contributed by atoms with van der Waals surface area (Å²) < 4.78 is 5.40. The monoisotopic (exact) mass is 355 g/mol. The topological polar surface area (TPSA) is 82.0 Å². The number of ketones is 1. The summed E-state index contributed by atoms with van der Waals surface area (Å²) in [7, 11) is 0. The van der Waals surface area contributed by atoms with Gasteiger partial charge in [0.2, 0.25) is 0 Å². The van der Waals surface area contributed by atoms with Crippen molar-refractivity contribution >= 4 is 11.6 Å². The number of nitrogen functional groups attached to an aromatic ring is 1.